The van der Waals surface area contributed by atoms with Crippen molar-refractivity contribution in [2.24, 2.45) is 0 Å². The van der Waals surface area contributed by atoms with E-state index in [4.69, 9.17) is 16.3 Å². The fraction of sp³-hybridized carbons (Fsp3) is 0.278. The highest BCUT2D eigenvalue weighted by Crippen LogP contribution is 2.27. The third kappa shape index (κ3) is 3.77. The van der Waals surface area contributed by atoms with Crippen molar-refractivity contribution in [2.45, 2.75) is 13.0 Å². The van der Waals surface area contributed by atoms with E-state index in [1.807, 2.05) is 11.0 Å². The van der Waals surface area contributed by atoms with Crippen LogP contribution in [0.3, 0.4) is 0 Å². The highest BCUT2D eigenvalue weighted by molar-refractivity contribution is 9.10. The Morgan fingerprint density at radius 3 is 2.74 bits per heavy atom. The molecule has 1 aliphatic heterocycles. The second-order valence-corrected chi connectivity index (χ2v) is 6.97. The molecule has 120 valence electrons. The number of nitrogens with zero attached hydrogens (tertiary/aromatic N) is 1. The molecular weight excluding hydrogens is 378 g/mol. The number of carbonyl (C=O) groups excluding carboxylic acids is 1. The number of carbonyl (C=O) groups is 1. The summed E-state index contributed by atoms with van der Waals surface area (Å²) in [5.74, 6) is -0.0586. The smallest absolute Gasteiger partial charge is 0.255 e. The summed E-state index contributed by atoms with van der Waals surface area (Å²) >= 11 is 9.57. The summed E-state index contributed by atoms with van der Waals surface area (Å²) in [6, 6.07) is 13.6. The number of halogens is 2. The molecule has 3 nitrogen and oxygen atoms in total. The van der Waals surface area contributed by atoms with Gasteiger partial charge in [-0.2, -0.15) is 0 Å². The van der Waals surface area contributed by atoms with Crippen LogP contribution in [-0.4, -0.2) is 30.5 Å². The van der Waals surface area contributed by atoms with Gasteiger partial charge in [0.1, 0.15) is 6.10 Å². The molecule has 1 amide bonds. The molecule has 1 saturated heterocycles. The highest BCUT2D eigenvalue weighted by atomic mass is 79.9. The molecule has 0 aliphatic carbocycles. The second-order valence-electron chi connectivity index (χ2n) is 5.65. The molecule has 3 rings (SSSR count). The summed E-state index contributed by atoms with van der Waals surface area (Å²) in [4.78, 5) is 14.6. The van der Waals surface area contributed by atoms with Gasteiger partial charge in [0.25, 0.3) is 5.91 Å². The van der Waals surface area contributed by atoms with E-state index in [-0.39, 0.29) is 12.0 Å². The van der Waals surface area contributed by atoms with Gasteiger partial charge in [-0.3, -0.25) is 4.79 Å². The molecule has 1 aliphatic rings. The van der Waals surface area contributed by atoms with Crippen LogP contribution >= 0.6 is 27.5 Å². The lowest BCUT2D eigenvalue weighted by Crippen LogP contribution is -2.42. The topological polar surface area (TPSA) is 29.5 Å². The van der Waals surface area contributed by atoms with Crippen molar-refractivity contribution >= 4 is 33.4 Å². The zero-order chi connectivity index (χ0) is 16.4. The van der Waals surface area contributed by atoms with E-state index in [1.165, 1.54) is 5.56 Å². The van der Waals surface area contributed by atoms with Crippen LogP contribution in [0.4, 0.5) is 0 Å². The first-order valence-electron chi connectivity index (χ1n) is 7.47. The van der Waals surface area contributed by atoms with Crippen LogP contribution in [-0.2, 0) is 4.74 Å². The quantitative estimate of drug-likeness (QED) is 0.743. The molecule has 5 heteroatoms. The normalized spacial score (nSPS) is 18.0. The molecule has 2 aromatic carbocycles. The van der Waals surface area contributed by atoms with E-state index in [9.17, 15) is 4.79 Å². The molecule has 0 saturated carbocycles. The third-order valence-corrected chi connectivity index (χ3v) is 4.78. The molecule has 0 radical (unpaired) electrons. The van der Waals surface area contributed by atoms with Crippen molar-refractivity contribution in [3.05, 3.63) is 68.7 Å². The maximum Gasteiger partial charge on any atom is 0.255 e. The molecule has 0 N–H and O–H groups in total. The van der Waals surface area contributed by atoms with Gasteiger partial charge in [0.05, 0.1) is 23.7 Å². The van der Waals surface area contributed by atoms with Crippen molar-refractivity contribution in [2.75, 3.05) is 19.7 Å². The van der Waals surface area contributed by atoms with Crippen molar-refractivity contribution in [3.63, 3.8) is 0 Å². The van der Waals surface area contributed by atoms with Crippen molar-refractivity contribution in [3.8, 4) is 0 Å². The Bertz CT molecular complexity index is 717. The maximum absolute atomic E-state index is 12.8. The van der Waals surface area contributed by atoms with Gasteiger partial charge in [0, 0.05) is 11.0 Å². The van der Waals surface area contributed by atoms with E-state index in [2.05, 4.69) is 47.1 Å². The first-order valence-corrected chi connectivity index (χ1v) is 8.64. The molecule has 1 fully saturated rings. The number of hydrogen-bond acceptors (Lipinski definition) is 2. The molecule has 0 bridgehead atoms. The average molecular weight is 395 g/mol. The lowest BCUT2D eigenvalue weighted by atomic mass is 10.1. The Hall–Kier alpha value is -1.36. The number of amides is 1. The number of morpholine rings is 1. The maximum atomic E-state index is 12.8. The molecule has 1 atom stereocenters. The Morgan fingerprint density at radius 1 is 1.26 bits per heavy atom. The number of ether oxygens (including phenoxy) is 1. The summed E-state index contributed by atoms with van der Waals surface area (Å²) in [5.41, 5.74) is 2.82. The SMILES string of the molecule is Cc1ccc(C2CN(C(=O)c3cc(Br)ccc3Cl)CCO2)cc1. The first-order chi connectivity index (χ1) is 11.0. The Labute approximate surface area is 149 Å². The van der Waals surface area contributed by atoms with E-state index in [0.717, 1.165) is 10.0 Å². The number of benzene rings is 2. The Morgan fingerprint density at radius 2 is 2.00 bits per heavy atom. The molecular formula is C18H17BrClNO2. The largest absolute Gasteiger partial charge is 0.370 e. The van der Waals surface area contributed by atoms with Gasteiger partial charge < -0.3 is 9.64 Å². The predicted molar refractivity (Wildman–Crippen MR) is 94.9 cm³/mol. The molecule has 23 heavy (non-hydrogen) atoms. The van der Waals surface area contributed by atoms with Crippen LogP contribution in [0.2, 0.25) is 5.02 Å². The van der Waals surface area contributed by atoms with Crippen LogP contribution in [0.25, 0.3) is 0 Å². The number of rotatable bonds is 2. The minimum Gasteiger partial charge on any atom is -0.370 e. The van der Waals surface area contributed by atoms with Crippen LogP contribution in [0, 0.1) is 6.92 Å². The van der Waals surface area contributed by atoms with Gasteiger partial charge in [-0.25, -0.2) is 0 Å². The molecule has 0 aromatic heterocycles. The predicted octanol–water partition coefficient (Wildman–Crippen LogP) is 4.62. The fourth-order valence-corrected chi connectivity index (χ4v) is 3.21. The summed E-state index contributed by atoms with van der Waals surface area (Å²) in [7, 11) is 0. The summed E-state index contributed by atoms with van der Waals surface area (Å²) < 4.78 is 6.68. The van der Waals surface area contributed by atoms with Gasteiger partial charge in [-0.1, -0.05) is 57.4 Å². The van der Waals surface area contributed by atoms with E-state index < -0.39 is 0 Å². The molecule has 1 unspecified atom stereocenters. The van der Waals surface area contributed by atoms with Crippen molar-refractivity contribution < 1.29 is 9.53 Å². The first kappa shape index (κ1) is 16.5. The van der Waals surface area contributed by atoms with Crippen LogP contribution in [0.5, 0.6) is 0 Å². The molecule has 2 aromatic rings. The number of aryl methyl sites for hydroxylation is 1. The van der Waals surface area contributed by atoms with E-state index in [0.29, 0.717) is 30.3 Å². The zero-order valence-electron chi connectivity index (χ0n) is 12.8. The van der Waals surface area contributed by atoms with Crippen LogP contribution < -0.4 is 0 Å². The van der Waals surface area contributed by atoms with Crippen LogP contribution in [0.1, 0.15) is 27.6 Å². The van der Waals surface area contributed by atoms with Gasteiger partial charge in [-0.05, 0) is 30.7 Å². The van der Waals surface area contributed by atoms with Gasteiger partial charge >= 0.3 is 0 Å². The van der Waals surface area contributed by atoms with Crippen LogP contribution in [0.15, 0.2) is 46.9 Å². The molecule has 0 spiro atoms. The van der Waals surface area contributed by atoms with E-state index >= 15 is 0 Å². The zero-order valence-corrected chi connectivity index (χ0v) is 15.1. The Balaban J connectivity index is 1.79. The monoisotopic (exact) mass is 393 g/mol. The number of hydrogen-bond donors (Lipinski definition) is 0. The lowest BCUT2D eigenvalue weighted by molar-refractivity contribution is -0.0228. The van der Waals surface area contributed by atoms with Crippen molar-refractivity contribution in [1.82, 2.24) is 4.90 Å². The fourth-order valence-electron chi connectivity index (χ4n) is 2.65. The molecule has 1 heterocycles. The summed E-state index contributed by atoms with van der Waals surface area (Å²) in [5, 5.41) is 0.469. The summed E-state index contributed by atoms with van der Waals surface area (Å²) in [6.07, 6.45) is -0.0979. The minimum absolute atomic E-state index is 0.0586. The van der Waals surface area contributed by atoms with Crippen molar-refractivity contribution in [1.29, 1.82) is 0 Å². The van der Waals surface area contributed by atoms with Gasteiger partial charge in [-0.15, -0.1) is 0 Å². The minimum atomic E-state index is -0.0979. The lowest BCUT2D eigenvalue weighted by Gasteiger charge is -2.33. The Kier molecular flexibility index (Phi) is 5.05. The highest BCUT2D eigenvalue weighted by Gasteiger charge is 2.27. The third-order valence-electron chi connectivity index (χ3n) is 3.96. The summed E-state index contributed by atoms with van der Waals surface area (Å²) in [6.45, 7) is 3.68. The second kappa shape index (κ2) is 7.04. The standard InChI is InChI=1S/C18H17BrClNO2/c1-12-2-4-13(5-3-12)17-11-21(8-9-23-17)18(22)15-10-14(19)6-7-16(15)20/h2-7,10,17H,8-9,11H2,1H3. The van der Waals surface area contributed by atoms with Gasteiger partial charge in [0.15, 0.2) is 0 Å². The van der Waals surface area contributed by atoms with E-state index in [1.54, 1.807) is 12.1 Å². The average Bonchev–Trinajstić information content (AvgIpc) is 2.57. The van der Waals surface area contributed by atoms with Gasteiger partial charge in [0.2, 0.25) is 0 Å².